The van der Waals surface area contributed by atoms with Gasteiger partial charge in [0.2, 0.25) is 0 Å². The van der Waals surface area contributed by atoms with Crippen molar-refractivity contribution < 1.29 is 30.5 Å². The van der Waals surface area contributed by atoms with E-state index in [1.54, 1.807) is 0 Å². The molecule has 25 heavy (non-hydrogen) atoms. The first-order chi connectivity index (χ1) is 11.8. The molecule has 0 aliphatic heterocycles. The van der Waals surface area contributed by atoms with Gasteiger partial charge in [0.05, 0.1) is 0 Å². The Bertz CT molecular complexity index is 417. The summed E-state index contributed by atoms with van der Waals surface area (Å²) >= 11 is 0. The van der Waals surface area contributed by atoms with Gasteiger partial charge < -0.3 is 0 Å². The second-order valence-electron chi connectivity index (χ2n) is 4.36. The van der Waals surface area contributed by atoms with Crippen molar-refractivity contribution in [3.8, 4) is 0 Å². The number of hydrogen-bond acceptors (Lipinski definition) is 0. The smallest absolute Gasteiger partial charge is 0.236 e. The fraction of sp³-hybridized carbons (Fsp3) is 0. The zero-order valence-electron chi connectivity index (χ0n) is 13.6. The van der Waals surface area contributed by atoms with E-state index in [0.717, 1.165) is 0 Å². The molecule has 124 valence electrons. The molecule has 2 aromatic rings. The molecule has 2 fully saturated rings. The van der Waals surface area contributed by atoms with Crippen LogP contribution in [-0.4, -0.2) is 0 Å². The molecule has 2 saturated carbocycles. The van der Waals surface area contributed by atoms with E-state index in [2.05, 4.69) is 12.1 Å². The minimum Gasteiger partial charge on any atom is -0.236 e. The van der Waals surface area contributed by atoms with Crippen LogP contribution in [0.4, 0.5) is 8.78 Å². The van der Waals surface area contributed by atoms with Gasteiger partial charge in [0.15, 0.2) is 0 Å². The van der Waals surface area contributed by atoms with Crippen LogP contribution >= 0.6 is 0 Å². The van der Waals surface area contributed by atoms with E-state index in [1.165, 1.54) is 48.5 Å². The van der Waals surface area contributed by atoms with Crippen molar-refractivity contribution in [3.05, 3.63) is 137 Å². The average Bonchev–Trinajstić information content (AvgIpc) is 3.36. The third kappa shape index (κ3) is 16.2. The van der Waals surface area contributed by atoms with Crippen LogP contribution in [0.15, 0.2) is 48.5 Å². The fourth-order valence-electron chi connectivity index (χ4n) is 1.37. The van der Waals surface area contributed by atoms with Crippen LogP contribution in [0.3, 0.4) is 0 Å². The van der Waals surface area contributed by atoms with Gasteiger partial charge >= 0.3 is 21.7 Å². The maximum absolute atomic E-state index is 11.9. The van der Waals surface area contributed by atoms with Crippen LogP contribution in [0.2, 0.25) is 0 Å². The van der Waals surface area contributed by atoms with Gasteiger partial charge in [0.1, 0.15) is 0 Å². The number of benzene rings is 2. The van der Waals surface area contributed by atoms with Crippen LogP contribution in [0.1, 0.15) is 0 Å². The second kappa shape index (κ2) is 17.8. The maximum Gasteiger partial charge on any atom is 2.00 e. The van der Waals surface area contributed by atoms with Crippen LogP contribution < -0.4 is 0 Å². The Morgan fingerprint density at radius 3 is 0.760 bits per heavy atom. The summed E-state index contributed by atoms with van der Waals surface area (Å²) in [6, 6.07) is 17.0. The van der Waals surface area contributed by atoms with Gasteiger partial charge in [0, 0.05) is 11.6 Å². The van der Waals surface area contributed by atoms with E-state index in [-0.39, 0.29) is 33.4 Å². The van der Waals surface area contributed by atoms with Crippen molar-refractivity contribution in [2.75, 3.05) is 0 Å². The summed E-state index contributed by atoms with van der Waals surface area (Å²) in [4.78, 5) is 0. The summed E-state index contributed by atoms with van der Waals surface area (Å²) in [5.41, 5.74) is 0. The third-order valence-corrected chi connectivity index (χ3v) is 2.47. The molecule has 0 saturated heterocycles. The third-order valence-electron chi connectivity index (χ3n) is 2.47. The van der Waals surface area contributed by atoms with Gasteiger partial charge in [-0.1, -0.05) is 0 Å². The van der Waals surface area contributed by atoms with Gasteiger partial charge in [-0.05, 0) is 64.2 Å². The Balaban J connectivity index is 0.000000307. The molecule has 0 nitrogen and oxygen atoms in total. The second-order valence-corrected chi connectivity index (χ2v) is 4.36. The first kappa shape index (κ1) is 24.0. The zero-order valence-corrected chi connectivity index (χ0v) is 15.2. The molecular formula is C22H18F2Ti. The Kier molecular flexibility index (Phi) is 17.1. The average molecular weight is 368 g/mol. The largest absolute Gasteiger partial charge is 2.00 e. The molecule has 10 radical (unpaired) electrons. The minimum absolute atomic E-state index is 0. The monoisotopic (exact) mass is 368 g/mol. The van der Waals surface area contributed by atoms with Crippen molar-refractivity contribution in [2.24, 2.45) is 0 Å². The molecule has 0 heterocycles. The van der Waals surface area contributed by atoms with E-state index in [1.807, 2.05) is 64.2 Å². The molecule has 0 amide bonds. The first-order valence-electron chi connectivity index (χ1n) is 7.35. The molecule has 2 aliphatic rings. The number of halogens is 2. The van der Waals surface area contributed by atoms with E-state index < -0.39 is 0 Å². The molecular weight excluding hydrogens is 350 g/mol. The van der Waals surface area contributed by atoms with Crippen molar-refractivity contribution in [2.45, 2.75) is 0 Å². The van der Waals surface area contributed by atoms with Crippen LogP contribution in [-0.2, 0) is 21.7 Å². The zero-order chi connectivity index (χ0) is 17.3. The summed E-state index contributed by atoms with van der Waals surface area (Å²) in [5.74, 6) is -0.419. The summed E-state index contributed by atoms with van der Waals surface area (Å²) in [7, 11) is 0. The molecule has 0 aromatic heterocycles. The van der Waals surface area contributed by atoms with Gasteiger partial charge in [0.25, 0.3) is 0 Å². The van der Waals surface area contributed by atoms with Crippen LogP contribution in [0, 0.1) is 88.0 Å². The van der Waals surface area contributed by atoms with E-state index >= 15 is 0 Å². The van der Waals surface area contributed by atoms with Crippen molar-refractivity contribution in [1.29, 1.82) is 0 Å². The Hall–Kier alpha value is -0.986. The van der Waals surface area contributed by atoms with E-state index in [0.29, 0.717) is 0 Å². The van der Waals surface area contributed by atoms with E-state index in [9.17, 15) is 8.78 Å². The van der Waals surface area contributed by atoms with Gasteiger partial charge in [-0.3, -0.25) is 0 Å². The molecule has 4 rings (SSSR count). The summed E-state index contributed by atoms with van der Waals surface area (Å²) < 4.78 is 23.8. The van der Waals surface area contributed by atoms with Gasteiger partial charge in [-0.25, -0.2) is 8.78 Å². The van der Waals surface area contributed by atoms with Crippen molar-refractivity contribution >= 4 is 0 Å². The fourth-order valence-corrected chi connectivity index (χ4v) is 1.37. The number of hydrogen-bond donors (Lipinski definition) is 0. The molecule has 0 unspecified atom stereocenters. The molecule has 2 aliphatic carbocycles. The normalized spacial score (nSPS) is 14.5. The van der Waals surface area contributed by atoms with Crippen LogP contribution in [0.5, 0.6) is 0 Å². The minimum atomic E-state index is -0.209. The predicted octanol–water partition coefficient (Wildman–Crippen LogP) is 5.29. The van der Waals surface area contributed by atoms with Crippen molar-refractivity contribution in [1.82, 2.24) is 0 Å². The van der Waals surface area contributed by atoms with Crippen molar-refractivity contribution in [3.63, 3.8) is 0 Å². The molecule has 2 aromatic carbocycles. The topological polar surface area (TPSA) is 0 Å². The molecule has 0 N–H and O–H groups in total. The molecule has 0 bridgehead atoms. The Labute approximate surface area is 166 Å². The Morgan fingerprint density at radius 1 is 0.440 bits per heavy atom. The summed E-state index contributed by atoms with van der Waals surface area (Å²) in [6.45, 7) is 0. The molecule has 3 heteroatoms. The quantitative estimate of drug-likeness (QED) is 0.438. The summed E-state index contributed by atoms with van der Waals surface area (Å²) in [6.07, 6.45) is 20.0. The van der Waals surface area contributed by atoms with Crippen LogP contribution in [0.25, 0.3) is 0 Å². The molecule has 0 spiro atoms. The first-order valence-corrected chi connectivity index (χ1v) is 7.35. The van der Waals surface area contributed by atoms with E-state index in [4.69, 9.17) is 0 Å². The maximum atomic E-state index is 11.9. The Morgan fingerprint density at radius 2 is 0.640 bits per heavy atom. The molecule has 0 atom stereocenters. The van der Waals surface area contributed by atoms with Gasteiger partial charge in [-0.15, -0.1) is 24.3 Å². The standard InChI is InChI=1S/2C6H4F.2C5H5.Ti/c2*7-6-4-2-1-3-5-6;2*1-2-4-5-3-1;/h2*2-5H;2*1-5H;/q2*-1;;;+2. The summed E-state index contributed by atoms with van der Waals surface area (Å²) in [5, 5.41) is 0. The number of rotatable bonds is 0. The predicted molar refractivity (Wildman–Crippen MR) is 93.5 cm³/mol. The van der Waals surface area contributed by atoms with Gasteiger partial charge in [-0.2, -0.15) is 36.4 Å². The SMILES string of the molecule is Fc1cc[c-]cc1.Fc1cc[c-]cc1.[CH]1[CH][CH][CH][CH]1.[CH]1[CH][CH][CH][CH]1.[Ti+2].